The quantitative estimate of drug-likeness (QED) is 0.146. The summed E-state index contributed by atoms with van der Waals surface area (Å²) in [6.07, 6.45) is 11.1. The molecule has 0 bridgehead atoms. The number of primary amides is 1. The first-order valence-corrected chi connectivity index (χ1v) is 15.8. The summed E-state index contributed by atoms with van der Waals surface area (Å²) in [5, 5.41) is 8.19. The van der Waals surface area contributed by atoms with Crippen LogP contribution in [0.2, 0.25) is 0 Å². The van der Waals surface area contributed by atoms with E-state index in [0.717, 1.165) is 12.8 Å². The van der Waals surface area contributed by atoms with E-state index in [2.05, 4.69) is 26.9 Å². The number of nitrogens with one attached hydrogen (secondary N) is 3. The Hall–Kier alpha value is -4.27. The predicted molar refractivity (Wildman–Crippen MR) is 172 cm³/mol. The fraction of sp³-hybridized carbons (Fsp3) is 0.618. The number of nitrogens with zero attached hydrogens (tertiary/aromatic N) is 2. The molecule has 250 valence electrons. The molecule has 12 nitrogen and oxygen atoms in total. The second-order valence-electron chi connectivity index (χ2n) is 14.5. The Kier molecular flexibility index (Phi) is 11.4. The van der Waals surface area contributed by atoms with Crippen LogP contribution < -0.4 is 21.7 Å². The van der Waals surface area contributed by atoms with Crippen LogP contribution in [0, 0.1) is 40.9 Å². The van der Waals surface area contributed by atoms with E-state index >= 15 is 0 Å². The van der Waals surface area contributed by atoms with E-state index < -0.39 is 64.5 Å². The van der Waals surface area contributed by atoms with Gasteiger partial charge in [-0.2, -0.15) is 0 Å². The molecule has 5 N–H and O–H groups in total. The lowest BCUT2D eigenvalue weighted by Gasteiger charge is -2.36. The van der Waals surface area contributed by atoms with Gasteiger partial charge in [0, 0.05) is 29.9 Å². The number of Topliss-reactive ketones (excluding diaryl/α,β-unsaturated/α-hetero) is 2. The summed E-state index contributed by atoms with van der Waals surface area (Å²) in [6, 6.07) is -1.58. The summed E-state index contributed by atoms with van der Waals surface area (Å²) in [4.78, 5) is 84.5. The number of amides is 5. The number of hydrogen-bond donors (Lipinski definition) is 4. The van der Waals surface area contributed by atoms with Crippen LogP contribution in [-0.4, -0.2) is 75.9 Å². The van der Waals surface area contributed by atoms with Crippen LogP contribution in [0.25, 0.3) is 0 Å². The fourth-order valence-corrected chi connectivity index (χ4v) is 5.68. The molecule has 5 atom stereocenters. The molecule has 12 heteroatoms. The lowest BCUT2D eigenvalue weighted by atomic mass is 9.78. The zero-order valence-corrected chi connectivity index (χ0v) is 27.9. The number of nitrogens with two attached hydrogens (primary N) is 1. The monoisotopic (exact) mass is 636 g/mol. The number of terminal acetylenes is 1. The highest BCUT2D eigenvalue weighted by atomic mass is 16.2. The first-order chi connectivity index (χ1) is 21.4. The van der Waals surface area contributed by atoms with Crippen LogP contribution in [0.3, 0.4) is 0 Å². The molecule has 2 fully saturated rings. The number of likely N-dealkylation sites (tertiary alicyclic amines) is 1. The Bertz CT molecular complexity index is 1370. The molecule has 2 heterocycles. The molecule has 1 saturated heterocycles. The van der Waals surface area contributed by atoms with Crippen LogP contribution in [0.4, 0.5) is 4.79 Å². The lowest BCUT2D eigenvalue weighted by molar-refractivity contribution is -0.143. The van der Waals surface area contributed by atoms with Crippen LogP contribution >= 0.6 is 0 Å². The smallest absolute Gasteiger partial charge is 0.316 e. The maximum absolute atomic E-state index is 14.3. The van der Waals surface area contributed by atoms with Gasteiger partial charge in [-0.25, -0.2) is 4.79 Å². The first kappa shape index (κ1) is 36.2. The summed E-state index contributed by atoms with van der Waals surface area (Å²) < 4.78 is 0. The van der Waals surface area contributed by atoms with E-state index in [4.69, 9.17) is 12.2 Å². The van der Waals surface area contributed by atoms with E-state index in [-0.39, 0.29) is 42.9 Å². The molecular formula is C34H48N6O6. The van der Waals surface area contributed by atoms with Gasteiger partial charge in [-0.1, -0.05) is 47.5 Å². The van der Waals surface area contributed by atoms with Crippen LogP contribution in [-0.2, 0) is 19.2 Å². The van der Waals surface area contributed by atoms with Crippen molar-refractivity contribution >= 4 is 35.3 Å². The summed E-state index contributed by atoms with van der Waals surface area (Å²) in [5.74, 6) is -1.04. The van der Waals surface area contributed by atoms with Gasteiger partial charge < -0.3 is 26.6 Å². The topological polar surface area (TPSA) is 181 Å². The number of carbonyl (C=O) groups is 6. The average Bonchev–Trinajstić information content (AvgIpc) is 3.69. The highest BCUT2D eigenvalue weighted by molar-refractivity contribution is 6.37. The summed E-state index contributed by atoms with van der Waals surface area (Å²) in [7, 11) is 0. The van der Waals surface area contributed by atoms with Gasteiger partial charge in [0.2, 0.25) is 17.6 Å². The Balaban J connectivity index is 1.87. The molecule has 0 spiro atoms. The maximum Gasteiger partial charge on any atom is 0.316 e. The standard InChI is InChI=1S/C34H48N6O6/c1-9-34(7,8)22-16-24(30(44)37-23(15-20-12-13-20)27(42)29(35)43)40(18-22)31(45)28(33(4,5)6)39-32(46)38-25(19(2)3)26(41)21-11-10-14-36-17-21/h1,10-11,14,17,19-20,22-25,28H,12-13,15-16,18H2,2-8H3,(H2,35,43)(H,37,44)(H2,38,39,46)/t22-,23?,24+,25+,28-/m1/s1. The summed E-state index contributed by atoms with van der Waals surface area (Å²) >= 11 is 0. The van der Waals surface area contributed by atoms with Gasteiger partial charge in [0.15, 0.2) is 5.78 Å². The van der Waals surface area contributed by atoms with Crippen molar-refractivity contribution in [2.24, 2.45) is 34.3 Å². The lowest BCUT2D eigenvalue weighted by Crippen LogP contribution is -2.61. The number of ketones is 2. The van der Waals surface area contributed by atoms with E-state index in [0.29, 0.717) is 5.56 Å². The Labute approximate surface area is 271 Å². The van der Waals surface area contributed by atoms with E-state index in [9.17, 15) is 28.8 Å². The molecule has 1 aromatic rings. The minimum Gasteiger partial charge on any atom is -0.363 e. The van der Waals surface area contributed by atoms with Gasteiger partial charge in [0.05, 0.1) is 12.1 Å². The van der Waals surface area contributed by atoms with Crippen LogP contribution in [0.1, 0.15) is 84.5 Å². The third-order valence-electron chi connectivity index (χ3n) is 8.99. The highest BCUT2D eigenvalue weighted by Crippen LogP contribution is 2.39. The Morgan fingerprint density at radius 3 is 2.22 bits per heavy atom. The average molecular weight is 637 g/mol. The number of hydrogen-bond acceptors (Lipinski definition) is 7. The molecule has 1 aliphatic heterocycles. The molecule has 1 unspecified atom stereocenters. The van der Waals surface area contributed by atoms with Crippen LogP contribution in [0.5, 0.6) is 0 Å². The number of carbonyl (C=O) groups excluding carboxylic acids is 6. The fourth-order valence-electron chi connectivity index (χ4n) is 5.68. The van der Waals surface area contributed by atoms with Crippen molar-refractivity contribution in [3.05, 3.63) is 30.1 Å². The van der Waals surface area contributed by atoms with Crippen molar-refractivity contribution < 1.29 is 28.8 Å². The van der Waals surface area contributed by atoms with Crippen molar-refractivity contribution in [1.29, 1.82) is 0 Å². The first-order valence-electron chi connectivity index (χ1n) is 15.8. The minimum absolute atomic E-state index is 0.134. The Morgan fingerprint density at radius 2 is 1.72 bits per heavy atom. The second-order valence-corrected chi connectivity index (χ2v) is 14.5. The molecule has 0 radical (unpaired) electrons. The van der Waals surface area contributed by atoms with Crippen molar-refractivity contribution in [2.45, 2.75) is 98.3 Å². The largest absolute Gasteiger partial charge is 0.363 e. The number of urea groups is 1. The molecular weight excluding hydrogens is 588 g/mol. The second kappa shape index (κ2) is 14.4. The van der Waals surface area contributed by atoms with Gasteiger partial charge >= 0.3 is 6.03 Å². The van der Waals surface area contributed by atoms with Gasteiger partial charge in [-0.05, 0) is 62.0 Å². The van der Waals surface area contributed by atoms with Gasteiger partial charge in [0.25, 0.3) is 5.91 Å². The number of pyridine rings is 1. The molecule has 3 rings (SSSR count). The number of rotatable bonds is 13. The molecule has 1 saturated carbocycles. The molecule has 46 heavy (non-hydrogen) atoms. The van der Waals surface area contributed by atoms with Gasteiger partial charge in [0.1, 0.15) is 12.1 Å². The SMILES string of the molecule is C#CC(C)(C)[C@@H]1C[C@@H](C(=O)NC(CC2CC2)C(=O)C(N)=O)N(C(=O)[C@@H](NC(=O)N[C@H](C(=O)c2cccnc2)C(C)C)C(C)(C)C)C1. The third-order valence-corrected chi connectivity index (χ3v) is 8.99. The predicted octanol–water partition coefficient (Wildman–Crippen LogP) is 2.22. The van der Waals surface area contributed by atoms with Crippen molar-refractivity contribution in [2.75, 3.05) is 6.54 Å². The number of aromatic nitrogens is 1. The van der Waals surface area contributed by atoms with Crippen molar-refractivity contribution in [3.63, 3.8) is 0 Å². The van der Waals surface area contributed by atoms with E-state index in [1.807, 2.05) is 13.8 Å². The molecule has 1 aliphatic carbocycles. The van der Waals surface area contributed by atoms with Gasteiger partial charge in [-0.15, -0.1) is 12.3 Å². The molecule has 0 aromatic carbocycles. The van der Waals surface area contributed by atoms with Crippen LogP contribution in [0.15, 0.2) is 24.5 Å². The third kappa shape index (κ3) is 8.92. The maximum atomic E-state index is 14.3. The summed E-state index contributed by atoms with van der Waals surface area (Å²) in [6.45, 7) is 12.8. The normalized spacial score (nSPS) is 20.2. The highest BCUT2D eigenvalue weighted by Gasteiger charge is 2.49. The van der Waals surface area contributed by atoms with E-state index in [1.165, 1.54) is 11.1 Å². The van der Waals surface area contributed by atoms with Crippen molar-refractivity contribution in [3.8, 4) is 12.3 Å². The Morgan fingerprint density at radius 1 is 1.07 bits per heavy atom. The van der Waals surface area contributed by atoms with E-state index in [1.54, 1.807) is 52.9 Å². The minimum atomic E-state index is -1.14. The molecule has 1 aromatic heterocycles. The molecule has 5 amide bonds. The summed E-state index contributed by atoms with van der Waals surface area (Å²) in [5.41, 5.74) is 4.13. The molecule has 2 aliphatic rings. The zero-order valence-electron chi connectivity index (χ0n) is 27.9. The van der Waals surface area contributed by atoms with Gasteiger partial charge in [-0.3, -0.25) is 29.0 Å². The zero-order chi connectivity index (χ0) is 34.6. The van der Waals surface area contributed by atoms with Crippen molar-refractivity contribution in [1.82, 2.24) is 25.8 Å².